The van der Waals surface area contributed by atoms with Gasteiger partial charge in [-0.25, -0.2) is 4.98 Å². The summed E-state index contributed by atoms with van der Waals surface area (Å²) in [4.78, 5) is 5.31. The monoisotopic (exact) mass is 390 g/mol. The predicted octanol–water partition coefficient (Wildman–Crippen LogP) is 4.01. The largest absolute Gasteiger partial charge is 0.486 e. The zero-order chi connectivity index (χ0) is 13.1. The molecule has 0 aliphatic rings. The Morgan fingerprint density at radius 2 is 2.00 bits per heavy atom. The molecule has 0 fully saturated rings. The Morgan fingerprint density at radius 1 is 1.33 bits per heavy atom. The van der Waals surface area contributed by atoms with Crippen LogP contribution in [0.4, 0.5) is 0 Å². The van der Waals surface area contributed by atoms with Crippen molar-refractivity contribution in [2.75, 3.05) is 0 Å². The Morgan fingerprint density at radius 3 is 2.50 bits per heavy atom. The lowest BCUT2D eigenvalue weighted by atomic mass is 10.2. The fraction of sp³-hybridized carbons (Fsp3) is 0.250. The number of ether oxygens (including phenoxy) is 1. The second-order valence-electron chi connectivity index (χ2n) is 3.73. The molecule has 2 rings (SSSR count). The molecule has 6 heteroatoms. The van der Waals surface area contributed by atoms with Crippen molar-refractivity contribution in [3.8, 4) is 5.75 Å². The highest BCUT2D eigenvalue weighted by atomic mass is 79.9. The molecule has 0 amide bonds. The highest BCUT2D eigenvalue weighted by Crippen LogP contribution is 2.35. The number of benzene rings is 1. The summed E-state index contributed by atoms with van der Waals surface area (Å²) in [6.45, 7) is 3.01. The molecule has 1 aromatic carbocycles. The standard InChI is InChI=1S/C12H12Br2N2OS/c1-7-16-5-9(18-7)6-17-12-10(13)2-8(4-15)3-11(12)14/h2-3,5H,4,6,15H2,1H3. The van der Waals surface area contributed by atoms with Gasteiger partial charge in [0.05, 0.1) is 18.8 Å². The van der Waals surface area contributed by atoms with Crippen LogP contribution in [0.5, 0.6) is 5.75 Å². The van der Waals surface area contributed by atoms with E-state index in [1.54, 1.807) is 11.3 Å². The van der Waals surface area contributed by atoms with Crippen molar-refractivity contribution >= 4 is 43.2 Å². The summed E-state index contributed by atoms with van der Waals surface area (Å²) in [6.07, 6.45) is 1.84. The molecule has 1 heterocycles. The molecular weight excluding hydrogens is 380 g/mol. The molecule has 96 valence electrons. The molecule has 0 unspecified atom stereocenters. The lowest BCUT2D eigenvalue weighted by Crippen LogP contribution is -1.99. The predicted molar refractivity (Wildman–Crippen MR) is 80.9 cm³/mol. The van der Waals surface area contributed by atoms with Gasteiger partial charge in [-0.1, -0.05) is 0 Å². The van der Waals surface area contributed by atoms with Crippen molar-refractivity contribution in [3.63, 3.8) is 0 Å². The van der Waals surface area contributed by atoms with E-state index >= 15 is 0 Å². The van der Waals surface area contributed by atoms with E-state index in [0.29, 0.717) is 13.2 Å². The minimum absolute atomic E-state index is 0.505. The Kier molecular flexibility index (Phi) is 4.77. The molecule has 0 radical (unpaired) electrons. The summed E-state index contributed by atoms with van der Waals surface area (Å²) < 4.78 is 7.61. The minimum Gasteiger partial charge on any atom is -0.486 e. The first-order valence-electron chi connectivity index (χ1n) is 5.32. The SMILES string of the molecule is Cc1ncc(COc2c(Br)cc(CN)cc2Br)s1. The van der Waals surface area contributed by atoms with Gasteiger partial charge in [-0.2, -0.15) is 0 Å². The van der Waals surface area contributed by atoms with E-state index in [-0.39, 0.29) is 0 Å². The Labute approximate surface area is 127 Å². The Hall–Kier alpha value is -0.430. The van der Waals surface area contributed by atoms with Gasteiger partial charge in [-0.05, 0) is 56.5 Å². The molecule has 0 aliphatic carbocycles. The van der Waals surface area contributed by atoms with Gasteiger partial charge in [0.2, 0.25) is 0 Å². The van der Waals surface area contributed by atoms with Crippen LogP contribution < -0.4 is 10.5 Å². The van der Waals surface area contributed by atoms with Gasteiger partial charge in [0, 0.05) is 12.7 Å². The average Bonchev–Trinajstić information content (AvgIpc) is 2.73. The van der Waals surface area contributed by atoms with Crippen LogP contribution in [0.1, 0.15) is 15.4 Å². The first-order chi connectivity index (χ1) is 8.60. The van der Waals surface area contributed by atoms with E-state index in [4.69, 9.17) is 10.5 Å². The number of halogens is 2. The van der Waals surface area contributed by atoms with Crippen LogP contribution in [0.15, 0.2) is 27.3 Å². The molecule has 0 saturated carbocycles. The van der Waals surface area contributed by atoms with Gasteiger partial charge in [0.25, 0.3) is 0 Å². The first-order valence-corrected chi connectivity index (χ1v) is 7.72. The van der Waals surface area contributed by atoms with Crippen molar-refractivity contribution in [2.45, 2.75) is 20.1 Å². The van der Waals surface area contributed by atoms with E-state index in [2.05, 4.69) is 36.8 Å². The summed E-state index contributed by atoms with van der Waals surface area (Å²) >= 11 is 8.63. The van der Waals surface area contributed by atoms with Gasteiger partial charge in [0.1, 0.15) is 12.4 Å². The lowest BCUT2D eigenvalue weighted by molar-refractivity contribution is 0.305. The van der Waals surface area contributed by atoms with E-state index < -0.39 is 0 Å². The maximum atomic E-state index is 5.80. The second-order valence-corrected chi connectivity index (χ2v) is 6.75. The molecule has 1 aromatic heterocycles. The summed E-state index contributed by atoms with van der Waals surface area (Å²) in [5, 5.41) is 1.05. The fourth-order valence-electron chi connectivity index (χ4n) is 1.48. The Balaban J connectivity index is 2.14. The summed E-state index contributed by atoms with van der Waals surface area (Å²) in [5.41, 5.74) is 6.67. The number of aryl methyl sites for hydroxylation is 1. The number of nitrogens with zero attached hydrogens (tertiary/aromatic N) is 1. The van der Waals surface area contributed by atoms with Crippen LogP contribution in [0.25, 0.3) is 0 Å². The first kappa shape index (κ1) is 14.0. The van der Waals surface area contributed by atoms with Crippen LogP contribution in [-0.2, 0) is 13.2 Å². The van der Waals surface area contributed by atoms with Crippen molar-refractivity contribution in [1.29, 1.82) is 0 Å². The zero-order valence-electron chi connectivity index (χ0n) is 9.74. The molecule has 2 N–H and O–H groups in total. The lowest BCUT2D eigenvalue weighted by Gasteiger charge is -2.10. The van der Waals surface area contributed by atoms with Gasteiger partial charge >= 0.3 is 0 Å². The quantitative estimate of drug-likeness (QED) is 0.856. The maximum absolute atomic E-state index is 5.80. The molecular formula is C12H12Br2N2OS. The zero-order valence-corrected chi connectivity index (χ0v) is 13.7. The van der Waals surface area contributed by atoms with E-state index in [9.17, 15) is 0 Å². The third kappa shape index (κ3) is 3.32. The summed E-state index contributed by atoms with van der Waals surface area (Å²) in [5.74, 6) is 0.790. The number of aromatic nitrogens is 1. The number of nitrogens with two attached hydrogens (primary N) is 1. The van der Waals surface area contributed by atoms with Crippen molar-refractivity contribution in [3.05, 3.63) is 42.7 Å². The van der Waals surface area contributed by atoms with Gasteiger partial charge in [0.15, 0.2) is 0 Å². The normalized spacial score (nSPS) is 10.7. The van der Waals surface area contributed by atoms with Crippen molar-refractivity contribution < 1.29 is 4.74 Å². The molecule has 0 atom stereocenters. The molecule has 0 spiro atoms. The van der Waals surface area contributed by atoms with Gasteiger partial charge < -0.3 is 10.5 Å². The van der Waals surface area contributed by atoms with Crippen LogP contribution in [-0.4, -0.2) is 4.98 Å². The third-order valence-corrected chi connectivity index (χ3v) is 4.39. The molecule has 0 bridgehead atoms. The second kappa shape index (κ2) is 6.14. The van der Waals surface area contributed by atoms with E-state index in [1.165, 1.54) is 0 Å². The van der Waals surface area contributed by atoms with Crippen LogP contribution in [0.3, 0.4) is 0 Å². The van der Waals surface area contributed by atoms with Crippen molar-refractivity contribution in [1.82, 2.24) is 4.98 Å². The topological polar surface area (TPSA) is 48.1 Å². The number of thiazole rings is 1. The number of hydrogen-bond acceptors (Lipinski definition) is 4. The van der Waals surface area contributed by atoms with Crippen LogP contribution in [0.2, 0.25) is 0 Å². The van der Waals surface area contributed by atoms with Crippen molar-refractivity contribution in [2.24, 2.45) is 5.73 Å². The van der Waals surface area contributed by atoms with E-state index in [0.717, 1.165) is 30.1 Å². The third-order valence-electron chi connectivity index (χ3n) is 2.32. The number of rotatable bonds is 4. The Bertz CT molecular complexity index is 534. The van der Waals surface area contributed by atoms with Crippen LogP contribution in [0, 0.1) is 6.92 Å². The minimum atomic E-state index is 0.505. The average molecular weight is 392 g/mol. The summed E-state index contributed by atoms with van der Waals surface area (Å²) in [6, 6.07) is 3.94. The molecule has 18 heavy (non-hydrogen) atoms. The van der Waals surface area contributed by atoms with Gasteiger partial charge in [-0.15, -0.1) is 11.3 Å². The molecule has 0 saturated heterocycles. The maximum Gasteiger partial charge on any atom is 0.148 e. The van der Waals surface area contributed by atoms with E-state index in [1.807, 2.05) is 25.3 Å². The molecule has 0 aliphatic heterocycles. The number of hydrogen-bond donors (Lipinski definition) is 1. The summed E-state index contributed by atoms with van der Waals surface area (Å²) in [7, 11) is 0. The molecule has 3 nitrogen and oxygen atoms in total. The van der Waals surface area contributed by atoms with Gasteiger partial charge in [-0.3, -0.25) is 0 Å². The molecule has 2 aromatic rings. The highest BCUT2D eigenvalue weighted by molar-refractivity contribution is 9.11. The van der Waals surface area contributed by atoms with Crippen LogP contribution >= 0.6 is 43.2 Å². The highest BCUT2D eigenvalue weighted by Gasteiger charge is 2.09. The smallest absolute Gasteiger partial charge is 0.148 e. The fourth-order valence-corrected chi connectivity index (χ4v) is 3.70.